The smallest absolute Gasteiger partial charge is 0.0419 e. The quantitative estimate of drug-likeness (QED) is 0.852. The van der Waals surface area contributed by atoms with E-state index in [9.17, 15) is 0 Å². The summed E-state index contributed by atoms with van der Waals surface area (Å²) in [6.07, 6.45) is 4.06. The van der Waals surface area contributed by atoms with Gasteiger partial charge in [0, 0.05) is 50.0 Å². The molecule has 1 N–H and O–H groups in total. The van der Waals surface area contributed by atoms with Gasteiger partial charge in [-0.25, -0.2) is 0 Å². The van der Waals surface area contributed by atoms with Crippen LogP contribution in [0, 0.1) is 0 Å². The topological polar surface area (TPSA) is 31.4 Å². The molecule has 2 atom stereocenters. The van der Waals surface area contributed by atoms with E-state index in [0.29, 0.717) is 12.1 Å². The molecule has 1 fully saturated rings. The zero-order valence-electron chi connectivity index (χ0n) is 12.3. The molecule has 4 heteroatoms. The molecule has 1 aromatic heterocycles. The van der Waals surface area contributed by atoms with Crippen LogP contribution in [0.15, 0.2) is 24.4 Å². The maximum Gasteiger partial charge on any atom is 0.0419 e. The first-order valence-corrected chi connectivity index (χ1v) is 7.15. The minimum atomic E-state index is 0.494. The van der Waals surface area contributed by atoms with E-state index in [2.05, 4.69) is 53.4 Å². The Kier molecular flexibility index (Phi) is 5.31. The predicted molar refractivity (Wildman–Crippen MR) is 79.3 cm³/mol. The van der Waals surface area contributed by atoms with Crippen molar-refractivity contribution in [1.29, 1.82) is 0 Å². The highest BCUT2D eigenvalue weighted by atomic mass is 15.3. The molecule has 19 heavy (non-hydrogen) atoms. The second-order valence-corrected chi connectivity index (χ2v) is 5.64. The van der Waals surface area contributed by atoms with Gasteiger partial charge in [0.15, 0.2) is 0 Å². The van der Waals surface area contributed by atoms with Gasteiger partial charge in [-0.3, -0.25) is 4.98 Å². The van der Waals surface area contributed by atoms with Crippen LogP contribution in [-0.2, 0) is 6.42 Å². The lowest BCUT2D eigenvalue weighted by molar-refractivity contribution is 0.101. The van der Waals surface area contributed by atoms with E-state index in [-0.39, 0.29) is 0 Å². The van der Waals surface area contributed by atoms with Gasteiger partial charge in [0.2, 0.25) is 0 Å². The molecule has 0 aromatic carbocycles. The van der Waals surface area contributed by atoms with Crippen LogP contribution in [0.2, 0.25) is 0 Å². The van der Waals surface area contributed by atoms with Crippen molar-refractivity contribution >= 4 is 0 Å². The third-order valence-electron chi connectivity index (χ3n) is 4.13. The summed E-state index contributed by atoms with van der Waals surface area (Å²) in [4.78, 5) is 9.35. The second-order valence-electron chi connectivity index (χ2n) is 5.64. The lowest BCUT2D eigenvalue weighted by Crippen LogP contribution is -2.52. The Morgan fingerprint density at radius 3 is 2.89 bits per heavy atom. The molecule has 0 amide bonds. The summed E-state index contributed by atoms with van der Waals surface area (Å²) in [5.74, 6) is 0. The van der Waals surface area contributed by atoms with Crippen molar-refractivity contribution < 1.29 is 0 Å². The van der Waals surface area contributed by atoms with Crippen molar-refractivity contribution in [3.63, 3.8) is 0 Å². The maximum atomic E-state index is 4.43. The normalized spacial score (nSPS) is 23.4. The third-order valence-corrected chi connectivity index (χ3v) is 4.13. The van der Waals surface area contributed by atoms with Gasteiger partial charge in [-0.15, -0.1) is 0 Å². The molecule has 0 spiro atoms. The minimum Gasteiger partial charge on any atom is -0.317 e. The summed E-state index contributed by atoms with van der Waals surface area (Å²) >= 11 is 0. The summed E-state index contributed by atoms with van der Waals surface area (Å²) in [6.45, 7) is 3.51. The molecule has 2 rings (SSSR count). The Morgan fingerprint density at radius 2 is 2.21 bits per heavy atom. The van der Waals surface area contributed by atoms with Gasteiger partial charge in [-0.1, -0.05) is 6.07 Å². The van der Waals surface area contributed by atoms with Crippen molar-refractivity contribution in [3.05, 3.63) is 30.1 Å². The van der Waals surface area contributed by atoms with Crippen LogP contribution < -0.4 is 5.32 Å². The Labute approximate surface area is 116 Å². The summed E-state index contributed by atoms with van der Waals surface area (Å²) in [5.41, 5.74) is 1.17. The summed E-state index contributed by atoms with van der Waals surface area (Å²) < 4.78 is 0. The van der Waals surface area contributed by atoms with Gasteiger partial charge in [0.1, 0.15) is 0 Å². The van der Waals surface area contributed by atoms with Gasteiger partial charge in [-0.05, 0) is 39.7 Å². The van der Waals surface area contributed by atoms with Crippen molar-refractivity contribution in [2.45, 2.75) is 24.9 Å². The van der Waals surface area contributed by atoms with Crippen molar-refractivity contribution in [3.8, 4) is 0 Å². The highest BCUT2D eigenvalue weighted by Gasteiger charge is 2.24. The fourth-order valence-corrected chi connectivity index (χ4v) is 2.76. The number of likely N-dealkylation sites (N-methyl/N-ethyl adjacent to an activating group) is 3. The van der Waals surface area contributed by atoms with Crippen molar-refractivity contribution in [2.24, 2.45) is 0 Å². The summed E-state index contributed by atoms with van der Waals surface area (Å²) in [7, 11) is 6.51. The van der Waals surface area contributed by atoms with Crippen LogP contribution in [0.4, 0.5) is 0 Å². The van der Waals surface area contributed by atoms with Gasteiger partial charge in [0.05, 0.1) is 0 Å². The predicted octanol–water partition coefficient (Wildman–Crippen LogP) is 0.848. The van der Waals surface area contributed by atoms with Crippen LogP contribution in [0.25, 0.3) is 0 Å². The fourth-order valence-electron chi connectivity index (χ4n) is 2.76. The largest absolute Gasteiger partial charge is 0.317 e. The van der Waals surface area contributed by atoms with E-state index in [1.807, 2.05) is 12.3 Å². The van der Waals surface area contributed by atoms with E-state index in [4.69, 9.17) is 0 Å². The first-order chi connectivity index (χ1) is 9.19. The van der Waals surface area contributed by atoms with E-state index in [0.717, 1.165) is 13.0 Å². The number of piperazine rings is 1. The summed E-state index contributed by atoms with van der Waals surface area (Å²) in [5, 5.41) is 3.45. The minimum absolute atomic E-state index is 0.494. The van der Waals surface area contributed by atoms with Crippen LogP contribution in [0.1, 0.15) is 12.1 Å². The zero-order chi connectivity index (χ0) is 13.7. The lowest BCUT2D eigenvalue weighted by Gasteiger charge is -2.39. The number of pyridine rings is 1. The molecule has 106 valence electrons. The monoisotopic (exact) mass is 262 g/mol. The first-order valence-electron chi connectivity index (χ1n) is 7.15. The second kappa shape index (κ2) is 6.98. The molecule has 4 nitrogen and oxygen atoms in total. The number of nitrogens with zero attached hydrogens (tertiary/aromatic N) is 3. The molecule has 0 bridgehead atoms. The standard InChI is InChI=1S/C15H26N4/c1-16-14(10-13-6-4-5-7-17-13)11-15-12-18(2)8-9-19(15)3/h4-7,14-16H,8-12H2,1-3H3. The number of hydrogen-bond acceptors (Lipinski definition) is 4. The molecular weight excluding hydrogens is 236 g/mol. The number of aromatic nitrogens is 1. The van der Waals surface area contributed by atoms with Gasteiger partial charge < -0.3 is 15.1 Å². The van der Waals surface area contributed by atoms with Gasteiger partial charge in [-0.2, -0.15) is 0 Å². The third kappa shape index (κ3) is 4.27. The summed E-state index contributed by atoms with van der Waals surface area (Å²) in [6, 6.07) is 7.28. The lowest BCUT2D eigenvalue weighted by atomic mass is 9.99. The fraction of sp³-hybridized carbons (Fsp3) is 0.667. The SMILES string of the molecule is CNC(Cc1ccccn1)CC1CN(C)CCN1C. The van der Waals surface area contributed by atoms with E-state index in [1.165, 1.54) is 25.2 Å². The molecular formula is C15H26N4. The van der Waals surface area contributed by atoms with Crippen LogP contribution in [0.3, 0.4) is 0 Å². The Bertz CT molecular complexity index is 368. The number of hydrogen-bond donors (Lipinski definition) is 1. The molecule has 0 saturated carbocycles. The van der Waals surface area contributed by atoms with Crippen LogP contribution in [-0.4, -0.2) is 67.6 Å². The average Bonchev–Trinajstić information content (AvgIpc) is 2.43. The van der Waals surface area contributed by atoms with Gasteiger partial charge >= 0.3 is 0 Å². The first kappa shape index (κ1) is 14.4. The molecule has 1 aliphatic rings. The zero-order valence-corrected chi connectivity index (χ0v) is 12.3. The highest BCUT2D eigenvalue weighted by molar-refractivity contribution is 5.05. The van der Waals surface area contributed by atoms with Crippen LogP contribution in [0.5, 0.6) is 0 Å². The molecule has 0 aliphatic carbocycles. The molecule has 1 aromatic rings. The van der Waals surface area contributed by atoms with E-state index < -0.39 is 0 Å². The maximum absolute atomic E-state index is 4.43. The van der Waals surface area contributed by atoms with Crippen molar-refractivity contribution in [1.82, 2.24) is 20.1 Å². The molecule has 1 saturated heterocycles. The molecule has 0 radical (unpaired) electrons. The van der Waals surface area contributed by atoms with E-state index >= 15 is 0 Å². The average molecular weight is 262 g/mol. The van der Waals surface area contributed by atoms with E-state index in [1.54, 1.807) is 0 Å². The Hall–Kier alpha value is -0.970. The number of nitrogens with one attached hydrogen (secondary N) is 1. The molecule has 1 aliphatic heterocycles. The van der Waals surface area contributed by atoms with Crippen molar-refractivity contribution in [2.75, 3.05) is 40.8 Å². The Balaban J connectivity index is 1.91. The molecule has 2 unspecified atom stereocenters. The number of rotatable bonds is 5. The van der Waals surface area contributed by atoms with Crippen LogP contribution >= 0.6 is 0 Å². The molecule has 2 heterocycles. The van der Waals surface area contributed by atoms with Gasteiger partial charge in [0.25, 0.3) is 0 Å². The highest BCUT2D eigenvalue weighted by Crippen LogP contribution is 2.13. The Morgan fingerprint density at radius 1 is 1.37 bits per heavy atom.